The second-order valence-corrected chi connectivity index (χ2v) is 2.46. The molecule has 1 unspecified atom stereocenters. The zero-order valence-electron chi connectivity index (χ0n) is 6.97. The minimum absolute atomic E-state index is 0.702. The molecule has 0 heterocycles. The first-order chi connectivity index (χ1) is 6.24. The van der Waals surface area contributed by atoms with E-state index in [1.807, 2.05) is 0 Å². The second-order valence-electron chi connectivity index (χ2n) is 2.46. The van der Waals surface area contributed by atoms with E-state index in [1.165, 1.54) is 0 Å². The zero-order valence-corrected chi connectivity index (χ0v) is 6.97. The summed E-state index contributed by atoms with van der Waals surface area (Å²) in [5.74, 6) is -2.55. The maximum atomic E-state index is 11.6. The van der Waals surface area contributed by atoms with Gasteiger partial charge in [0.1, 0.15) is 0 Å². The molecule has 0 aromatic carbocycles. The van der Waals surface area contributed by atoms with E-state index in [0.29, 0.717) is 0 Å². The van der Waals surface area contributed by atoms with Crippen molar-refractivity contribution in [2.24, 2.45) is 5.73 Å². The van der Waals surface area contributed by atoms with Gasteiger partial charge < -0.3 is 16.2 Å². The van der Waals surface area contributed by atoms with Gasteiger partial charge in [-0.25, -0.2) is 0 Å². The molecular formula is C6H9F3N2O3. The third kappa shape index (κ3) is 5.36. The second kappa shape index (κ2) is 4.80. The van der Waals surface area contributed by atoms with Gasteiger partial charge in [0.15, 0.2) is 0 Å². The van der Waals surface area contributed by atoms with Gasteiger partial charge in [0, 0.05) is 6.54 Å². The van der Waals surface area contributed by atoms with Gasteiger partial charge in [-0.3, -0.25) is 9.59 Å². The molecule has 0 aliphatic rings. The molecule has 0 saturated heterocycles. The SMILES string of the molecule is NC(=O)C(O)C(=O)NCCC(F)(F)F. The van der Waals surface area contributed by atoms with Crippen LogP contribution in [0.2, 0.25) is 0 Å². The first-order valence-corrected chi connectivity index (χ1v) is 3.56. The molecule has 1 atom stereocenters. The number of nitrogens with one attached hydrogen (secondary N) is 1. The summed E-state index contributed by atoms with van der Waals surface area (Å²) in [6.45, 7) is -0.702. The lowest BCUT2D eigenvalue weighted by molar-refractivity contribution is -0.142. The van der Waals surface area contributed by atoms with E-state index in [1.54, 1.807) is 5.32 Å². The standard InChI is InChI=1S/C6H9F3N2O3/c7-6(8,9)1-2-11-5(14)3(12)4(10)13/h3,12H,1-2H2,(H2,10,13)(H,11,14). The number of primary amides is 1. The molecule has 0 rings (SSSR count). The third-order valence-corrected chi connectivity index (χ3v) is 1.23. The highest BCUT2D eigenvalue weighted by atomic mass is 19.4. The highest BCUT2D eigenvalue weighted by molar-refractivity contribution is 6.02. The lowest BCUT2D eigenvalue weighted by atomic mass is 10.3. The molecule has 8 heteroatoms. The van der Waals surface area contributed by atoms with Crippen molar-refractivity contribution < 1.29 is 27.9 Å². The Bertz CT molecular complexity index is 229. The normalized spacial score (nSPS) is 13.4. The highest BCUT2D eigenvalue weighted by Gasteiger charge is 2.27. The van der Waals surface area contributed by atoms with Crippen molar-refractivity contribution in [3.05, 3.63) is 0 Å². The topological polar surface area (TPSA) is 92.4 Å². The van der Waals surface area contributed by atoms with Crippen molar-refractivity contribution in [1.29, 1.82) is 0 Å². The summed E-state index contributed by atoms with van der Waals surface area (Å²) in [7, 11) is 0. The fourth-order valence-electron chi connectivity index (χ4n) is 0.553. The highest BCUT2D eigenvalue weighted by Crippen LogP contribution is 2.17. The number of alkyl halides is 3. The van der Waals surface area contributed by atoms with E-state index in [4.69, 9.17) is 5.11 Å². The van der Waals surface area contributed by atoms with Crippen molar-refractivity contribution >= 4 is 11.8 Å². The fraction of sp³-hybridized carbons (Fsp3) is 0.667. The number of carbonyl (C=O) groups is 2. The van der Waals surface area contributed by atoms with Crippen molar-refractivity contribution in [3.8, 4) is 0 Å². The lowest BCUT2D eigenvalue weighted by Crippen LogP contribution is -2.43. The van der Waals surface area contributed by atoms with Crippen molar-refractivity contribution in [2.75, 3.05) is 6.54 Å². The van der Waals surface area contributed by atoms with E-state index in [0.717, 1.165) is 0 Å². The van der Waals surface area contributed by atoms with Crippen molar-refractivity contribution in [3.63, 3.8) is 0 Å². The van der Waals surface area contributed by atoms with Crippen LogP contribution in [-0.2, 0) is 9.59 Å². The molecule has 4 N–H and O–H groups in total. The number of hydrogen-bond acceptors (Lipinski definition) is 3. The molecule has 0 spiro atoms. The Morgan fingerprint density at radius 1 is 1.43 bits per heavy atom. The summed E-state index contributed by atoms with van der Waals surface area (Å²) >= 11 is 0. The number of rotatable bonds is 4. The van der Waals surface area contributed by atoms with Gasteiger partial charge >= 0.3 is 6.18 Å². The predicted octanol–water partition coefficient (Wildman–Crippen LogP) is -1.10. The maximum absolute atomic E-state index is 11.6. The predicted molar refractivity (Wildman–Crippen MR) is 38.9 cm³/mol. The minimum Gasteiger partial charge on any atom is -0.375 e. The molecule has 0 bridgehead atoms. The Morgan fingerprint density at radius 2 is 1.93 bits per heavy atom. The summed E-state index contributed by atoms with van der Waals surface area (Å²) in [6, 6.07) is 0. The van der Waals surface area contributed by atoms with Gasteiger partial charge in [0.05, 0.1) is 6.42 Å². The smallest absolute Gasteiger partial charge is 0.375 e. The number of carbonyl (C=O) groups excluding carboxylic acids is 2. The molecule has 0 aromatic heterocycles. The minimum atomic E-state index is -4.40. The summed E-state index contributed by atoms with van der Waals surface area (Å²) < 4.78 is 34.7. The first-order valence-electron chi connectivity index (χ1n) is 3.56. The largest absolute Gasteiger partial charge is 0.390 e. The number of amides is 2. The van der Waals surface area contributed by atoms with Crippen molar-refractivity contribution in [1.82, 2.24) is 5.32 Å². The van der Waals surface area contributed by atoms with Crippen LogP contribution in [0.5, 0.6) is 0 Å². The molecular weight excluding hydrogens is 205 g/mol. The van der Waals surface area contributed by atoms with E-state index < -0.39 is 37.1 Å². The Labute approximate surface area is 77.1 Å². The number of hydrogen-bond donors (Lipinski definition) is 3. The van der Waals surface area contributed by atoms with Crippen LogP contribution in [0.25, 0.3) is 0 Å². The van der Waals surface area contributed by atoms with Crippen LogP contribution in [0.1, 0.15) is 6.42 Å². The average Bonchev–Trinajstić information content (AvgIpc) is 2.00. The van der Waals surface area contributed by atoms with Gasteiger partial charge in [-0.2, -0.15) is 13.2 Å². The molecule has 0 saturated carbocycles. The summed E-state index contributed by atoms with van der Waals surface area (Å²) in [6.07, 6.45) is -7.74. The maximum Gasteiger partial charge on any atom is 0.390 e. The van der Waals surface area contributed by atoms with E-state index in [-0.39, 0.29) is 0 Å². The Kier molecular flexibility index (Phi) is 4.35. The first kappa shape index (κ1) is 12.7. The van der Waals surface area contributed by atoms with Crippen LogP contribution >= 0.6 is 0 Å². The molecule has 0 radical (unpaired) electrons. The summed E-state index contributed by atoms with van der Waals surface area (Å²) in [4.78, 5) is 20.8. The van der Waals surface area contributed by atoms with Gasteiger partial charge in [0.25, 0.3) is 11.8 Å². The number of nitrogens with two attached hydrogens (primary N) is 1. The number of halogens is 3. The monoisotopic (exact) mass is 214 g/mol. The molecule has 0 fully saturated rings. The Morgan fingerprint density at radius 3 is 2.29 bits per heavy atom. The molecule has 2 amide bonds. The van der Waals surface area contributed by atoms with Gasteiger partial charge in [-0.1, -0.05) is 0 Å². The van der Waals surface area contributed by atoms with Crippen LogP contribution < -0.4 is 11.1 Å². The van der Waals surface area contributed by atoms with Crippen LogP contribution in [0.3, 0.4) is 0 Å². The molecule has 5 nitrogen and oxygen atoms in total. The molecule has 0 aliphatic carbocycles. The third-order valence-electron chi connectivity index (χ3n) is 1.23. The molecule has 0 aliphatic heterocycles. The Hall–Kier alpha value is -1.31. The number of aliphatic hydroxyl groups excluding tert-OH is 1. The van der Waals surface area contributed by atoms with Gasteiger partial charge in [-0.05, 0) is 0 Å². The van der Waals surface area contributed by atoms with E-state index >= 15 is 0 Å². The quantitative estimate of drug-likeness (QED) is 0.519. The summed E-state index contributed by atoms with van der Waals surface area (Å²) in [5.41, 5.74) is 4.52. The number of aliphatic hydroxyl groups is 1. The fourth-order valence-corrected chi connectivity index (χ4v) is 0.553. The molecule has 0 aromatic rings. The van der Waals surface area contributed by atoms with Gasteiger partial charge in [-0.15, -0.1) is 0 Å². The Balaban J connectivity index is 3.81. The van der Waals surface area contributed by atoms with Crippen LogP contribution in [0.15, 0.2) is 0 Å². The zero-order chi connectivity index (χ0) is 11.4. The average molecular weight is 214 g/mol. The molecule has 82 valence electrons. The summed E-state index contributed by atoms with van der Waals surface area (Å²) in [5, 5.41) is 10.4. The van der Waals surface area contributed by atoms with E-state index in [9.17, 15) is 22.8 Å². The van der Waals surface area contributed by atoms with E-state index in [2.05, 4.69) is 5.73 Å². The van der Waals surface area contributed by atoms with Crippen LogP contribution in [0, 0.1) is 0 Å². The molecule has 14 heavy (non-hydrogen) atoms. The lowest BCUT2D eigenvalue weighted by Gasteiger charge is -2.09. The van der Waals surface area contributed by atoms with Crippen LogP contribution in [-0.4, -0.2) is 35.7 Å². The van der Waals surface area contributed by atoms with Gasteiger partial charge in [0.2, 0.25) is 6.10 Å². The van der Waals surface area contributed by atoms with Crippen molar-refractivity contribution in [2.45, 2.75) is 18.7 Å². The van der Waals surface area contributed by atoms with Crippen LogP contribution in [0.4, 0.5) is 13.2 Å².